The second-order valence-electron chi connectivity index (χ2n) is 5.98. The SMILES string of the molecule is COc1cc(NC(=S)Nc2ccc(OCc3ccccc3)cc2)cc(OC)c1. The summed E-state index contributed by atoms with van der Waals surface area (Å²) in [5, 5.41) is 6.75. The average Bonchev–Trinajstić information content (AvgIpc) is 2.73. The predicted molar refractivity (Wildman–Crippen MR) is 117 cm³/mol. The first-order chi connectivity index (χ1) is 13.7. The molecule has 28 heavy (non-hydrogen) atoms. The van der Waals surface area contributed by atoms with E-state index < -0.39 is 0 Å². The molecule has 0 aliphatic carbocycles. The summed E-state index contributed by atoms with van der Waals surface area (Å²) in [5.74, 6) is 2.17. The molecule has 0 heterocycles. The second-order valence-corrected chi connectivity index (χ2v) is 6.39. The highest BCUT2D eigenvalue weighted by Gasteiger charge is 2.05. The van der Waals surface area contributed by atoms with Crippen LogP contribution in [-0.2, 0) is 6.61 Å². The Morgan fingerprint density at radius 1 is 0.750 bits per heavy atom. The van der Waals surface area contributed by atoms with Crippen LogP contribution < -0.4 is 24.8 Å². The van der Waals surface area contributed by atoms with E-state index in [1.54, 1.807) is 20.3 Å². The molecule has 5 nitrogen and oxygen atoms in total. The minimum Gasteiger partial charge on any atom is -0.497 e. The number of nitrogens with one attached hydrogen (secondary N) is 2. The van der Waals surface area contributed by atoms with Crippen LogP contribution in [0.4, 0.5) is 11.4 Å². The predicted octanol–water partition coefficient (Wildman–Crippen LogP) is 5.09. The third-order valence-corrected chi connectivity index (χ3v) is 4.17. The molecule has 0 saturated heterocycles. The molecule has 0 saturated carbocycles. The van der Waals surface area contributed by atoms with Gasteiger partial charge in [-0.2, -0.15) is 0 Å². The fourth-order valence-electron chi connectivity index (χ4n) is 2.55. The molecule has 144 valence electrons. The summed E-state index contributed by atoms with van der Waals surface area (Å²) in [6.07, 6.45) is 0. The maximum absolute atomic E-state index is 5.79. The fourth-order valence-corrected chi connectivity index (χ4v) is 2.78. The van der Waals surface area contributed by atoms with Gasteiger partial charge in [0.25, 0.3) is 0 Å². The Labute approximate surface area is 170 Å². The van der Waals surface area contributed by atoms with Crippen molar-refractivity contribution in [3.05, 3.63) is 78.4 Å². The summed E-state index contributed by atoms with van der Waals surface area (Å²) in [4.78, 5) is 0. The van der Waals surface area contributed by atoms with E-state index in [0.717, 1.165) is 22.7 Å². The zero-order valence-corrected chi connectivity index (χ0v) is 16.6. The van der Waals surface area contributed by atoms with Gasteiger partial charge in [0.05, 0.1) is 14.2 Å². The molecule has 0 bridgehead atoms. The lowest BCUT2D eigenvalue weighted by Gasteiger charge is -2.13. The molecule has 3 aromatic carbocycles. The number of hydrogen-bond donors (Lipinski definition) is 2. The Balaban J connectivity index is 1.55. The standard InChI is InChI=1S/C22H22N2O3S/c1-25-20-12-18(13-21(14-20)26-2)24-22(28)23-17-8-10-19(11-9-17)27-15-16-6-4-3-5-7-16/h3-14H,15H2,1-2H3,(H2,23,24,28). The molecule has 6 heteroatoms. The van der Waals surface area contributed by atoms with E-state index in [0.29, 0.717) is 23.2 Å². The Kier molecular flexibility index (Phi) is 6.70. The second kappa shape index (κ2) is 9.62. The van der Waals surface area contributed by atoms with Crippen LogP contribution in [0.3, 0.4) is 0 Å². The molecule has 0 spiro atoms. The lowest BCUT2D eigenvalue weighted by Crippen LogP contribution is -2.19. The van der Waals surface area contributed by atoms with Crippen molar-refractivity contribution >= 4 is 28.7 Å². The van der Waals surface area contributed by atoms with Gasteiger partial charge in [0, 0.05) is 29.6 Å². The van der Waals surface area contributed by atoms with Crippen LogP contribution in [0.2, 0.25) is 0 Å². The van der Waals surface area contributed by atoms with Crippen molar-refractivity contribution in [2.45, 2.75) is 6.61 Å². The van der Waals surface area contributed by atoms with E-state index in [1.165, 1.54) is 0 Å². The zero-order chi connectivity index (χ0) is 19.8. The van der Waals surface area contributed by atoms with Gasteiger partial charge in [-0.05, 0) is 42.0 Å². The van der Waals surface area contributed by atoms with Gasteiger partial charge in [-0.15, -0.1) is 0 Å². The first-order valence-electron chi connectivity index (χ1n) is 8.74. The molecule has 0 amide bonds. The lowest BCUT2D eigenvalue weighted by atomic mass is 10.2. The summed E-state index contributed by atoms with van der Waals surface area (Å²) < 4.78 is 16.3. The third-order valence-electron chi connectivity index (χ3n) is 3.97. The topological polar surface area (TPSA) is 51.8 Å². The normalized spacial score (nSPS) is 10.1. The number of hydrogen-bond acceptors (Lipinski definition) is 4. The van der Waals surface area contributed by atoms with Crippen LogP contribution in [0, 0.1) is 0 Å². The monoisotopic (exact) mass is 394 g/mol. The Hall–Kier alpha value is -3.25. The van der Waals surface area contributed by atoms with E-state index in [2.05, 4.69) is 10.6 Å². The van der Waals surface area contributed by atoms with Crippen LogP contribution >= 0.6 is 12.2 Å². The number of rotatable bonds is 7. The number of methoxy groups -OCH3 is 2. The Morgan fingerprint density at radius 3 is 1.96 bits per heavy atom. The van der Waals surface area contributed by atoms with Gasteiger partial charge in [0.2, 0.25) is 0 Å². The molecule has 0 aliphatic rings. The Bertz CT molecular complexity index is 893. The van der Waals surface area contributed by atoms with Gasteiger partial charge in [-0.1, -0.05) is 30.3 Å². The molecule has 0 radical (unpaired) electrons. The quantitative estimate of drug-likeness (QED) is 0.544. The average molecular weight is 394 g/mol. The van der Waals surface area contributed by atoms with Crippen molar-refractivity contribution in [2.24, 2.45) is 0 Å². The van der Waals surface area contributed by atoms with Crippen LogP contribution in [0.15, 0.2) is 72.8 Å². The van der Waals surface area contributed by atoms with Crippen molar-refractivity contribution in [3.8, 4) is 17.2 Å². The minimum absolute atomic E-state index is 0.466. The maximum atomic E-state index is 5.79. The van der Waals surface area contributed by atoms with Gasteiger partial charge >= 0.3 is 0 Å². The van der Waals surface area contributed by atoms with Gasteiger partial charge in [-0.3, -0.25) is 0 Å². The maximum Gasteiger partial charge on any atom is 0.175 e. The number of ether oxygens (including phenoxy) is 3. The van der Waals surface area contributed by atoms with Crippen molar-refractivity contribution in [1.82, 2.24) is 0 Å². The summed E-state index contributed by atoms with van der Waals surface area (Å²) in [6.45, 7) is 0.533. The molecular weight excluding hydrogens is 372 g/mol. The minimum atomic E-state index is 0.466. The molecule has 0 aliphatic heterocycles. The first kappa shape index (κ1) is 19.5. The van der Waals surface area contributed by atoms with E-state index in [1.807, 2.05) is 66.7 Å². The fraction of sp³-hybridized carbons (Fsp3) is 0.136. The van der Waals surface area contributed by atoms with Crippen molar-refractivity contribution in [1.29, 1.82) is 0 Å². The third kappa shape index (κ3) is 5.62. The molecule has 2 N–H and O–H groups in total. The molecule has 0 aromatic heterocycles. The van der Waals surface area contributed by atoms with Crippen molar-refractivity contribution in [3.63, 3.8) is 0 Å². The highest BCUT2D eigenvalue weighted by Crippen LogP contribution is 2.26. The van der Waals surface area contributed by atoms with E-state index in [4.69, 9.17) is 26.4 Å². The summed E-state index contributed by atoms with van der Waals surface area (Å²) in [7, 11) is 3.22. The largest absolute Gasteiger partial charge is 0.497 e. The Morgan fingerprint density at radius 2 is 1.36 bits per heavy atom. The van der Waals surface area contributed by atoms with Crippen LogP contribution in [-0.4, -0.2) is 19.3 Å². The summed E-state index contributed by atoms with van der Waals surface area (Å²) in [6, 6.07) is 23.2. The zero-order valence-electron chi connectivity index (χ0n) is 15.8. The van der Waals surface area contributed by atoms with Crippen molar-refractivity contribution < 1.29 is 14.2 Å². The highest BCUT2D eigenvalue weighted by molar-refractivity contribution is 7.80. The summed E-state index contributed by atoms with van der Waals surface area (Å²) >= 11 is 5.39. The molecular formula is C22H22N2O3S. The van der Waals surface area contributed by atoms with Gasteiger partial charge in [-0.25, -0.2) is 0 Å². The van der Waals surface area contributed by atoms with E-state index in [9.17, 15) is 0 Å². The lowest BCUT2D eigenvalue weighted by molar-refractivity contribution is 0.306. The number of anilines is 2. The van der Waals surface area contributed by atoms with Crippen LogP contribution in [0.5, 0.6) is 17.2 Å². The van der Waals surface area contributed by atoms with E-state index in [-0.39, 0.29) is 0 Å². The molecule has 3 aromatic rings. The smallest absolute Gasteiger partial charge is 0.175 e. The van der Waals surface area contributed by atoms with Gasteiger partial charge in [0.1, 0.15) is 23.9 Å². The highest BCUT2D eigenvalue weighted by atomic mass is 32.1. The van der Waals surface area contributed by atoms with Crippen LogP contribution in [0.25, 0.3) is 0 Å². The number of benzene rings is 3. The molecule has 3 rings (SSSR count). The van der Waals surface area contributed by atoms with E-state index >= 15 is 0 Å². The molecule has 0 fully saturated rings. The summed E-state index contributed by atoms with van der Waals surface area (Å²) in [5.41, 5.74) is 2.76. The first-order valence-corrected chi connectivity index (χ1v) is 9.15. The molecule has 0 atom stereocenters. The van der Waals surface area contributed by atoms with Gasteiger partial charge < -0.3 is 24.8 Å². The van der Waals surface area contributed by atoms with Crippen molar-refractivity contribution in [2.75, 3.05) is 24.9 Å². The van der Waals surface area contributed by atoms with Crippen LogP contribution in [0.1, 0.15) is 5.56 Å². The van der Waals surface area contributed by atoms with Gasteiger partial charge in [0.15, 0.2) is 5.11 Å². The molecule has 0 unspecified atom stereocenters. The number of thiocarbonyl (C=S) groups is 1.